The molecule has 1 saturated heterocycles. The largest absolute Gasteiger partial charge is 0.318 e. The SMILES string of the molecule is CSc1ccc(C2NCC(=O)N2C(C)CS(C)(=O)=O)cc1. The monoisotopic (exact) mass is 328 g/mol. The van der Waals surface area contributed by atoms with Gasteiger partial charge in [0.25, 0.3) is 0 Å². The maximum Gasteiger partial charge on any atom is 0.238 e. The van der Waals surface area contributed by atoms with Gasteiger partial charge in [-0.3, -0.25) is 10.1 Å². The van der Waals surface area contributed by atoms with E-state index in [4.69, 9.17) is 0 Å². The molecule has 7 heteroatoms. The summed E-state index contributed by atoms with van der Waals surface area (Å²) < 4.78 is 22.9. The molecule has 0 spiro atoms. The number of nitrogens with one attached hydrogen (secondary N) is 1. The fraction of sp³-hybridized carbons (Fsp3) is 0.500. The zero-order valence-electron chi connectivity index (χ0n) is 12.4. The lowest BCUT2D eigenvalue weighted by molar-refractivity contribution is -0.129. The number of hydrogen-bond acceptors (Lipinski definition) is 5. The van der Waals surface area contributed by atoms with Gasteiger partial charge in [-0.05, 0) is 30.9 Å². The molecule has 1 heterocycles. The van der Waals surface area contributed by atoms with Gasteiger partial charge in [-0.1, -0.05) is 12.1 Å². The lowest BCUT2D eigenvalue weighted by Crippen LogP contribution is -2.41. The predicted octanol–water partition coefficient (Wildman–Crippen LogP) is 1.27. The predicted molar refractivity (Wildman–Crippen MR) is 85.0 cm³/mol. The fourth-order valence-corrected chi connectivity index (χ4v) is 4.05. The van der Waals surface area contributed by atoms with Crippen LogP contribution in [0.3, 0.4) is 0 Å². The first-order valence-corrected chi connectivity index (χ1v) is 9.96. The topological polar surface area (TPSA) is 66.5 Å². The molecule has 1 aromatic carbocycles. The lowest BCUT2D eigenvalue weighted by Gasteiger charge is -2.30. The summed E-state index contributed by atoms with van der Waals surface area (Å²) in [7, 11) is -3.13. The van der Waals surface area contributed by atoms with Crippen LogP contribution in [0.2, 0.25) is 0 Å². The van der Waals surface area contributed by atoms with E-state index in [2.05, 4.69) is 5.32 Å². The molecule has 0 bridgehead atoms. The summed E-state index contributed by atoms with van der Waals surface area (Å²) in [5, 5.41) is 3.15. The summed E-state index contributed by atoms with van der Waals surface area (Å²) in [4.78, 5) is 14.9. The van der Waals surface area contributed by atoms with E-state index in [1.54, 1.807) is 23.6 Å². The molecule has 5 nitrogen and oxygen atoms in total. The molecular weight excluding hydrogens is 308 g/mol. The van der Waals surface area contributed by atoms with Crippen molar-refractivity contribution in [1.82, 2.24) is 10.2 Å². The second kappa shape index (κ2) is 6.37. The van der Waals surface area contributed by atoms with Crippen molar-refractivity contribution in [2.75, 3.05) is 24.8 Å². The van der Waals surface area contributed by atoms with Crippen LogP contribution in [0, 0.1) is 0 Å². The van der Waals surface area contributed by atoms with Gasteiger partial charge in [-0.15, -0.1) is 11.8 Å². The van der Waals surface area contributed by atoms with E-state index in [-0.39, 0.29) is 30.4 Å². The van der Waals surface area contributed by atoms with Crippen LogP contribution < -0.4 is 5.32 Å². The molecule has 0 aromatic heterocycles. The zero-order chi connectivity index (χ0) is 15.6. The zero-order valence-corrected chi connectivity index (χ0v) is 14.0. The second-order valence-electron chi connectivity index (χ2n) is 5.30. The highest BCUT2D eigenvalue weighted by atomic mass is 32.2. The molecule has 21 heavy (non-hydrogen) atoms. The standard InChI is InChI=1S/C14H20N2O3S2/c1-10(9-21(3,18)19)16-13(17)8-15-14(16)11-4-6-12(20-2)7-5-11/h4-7,10,14-15H,8-9H2,1-3H3. The van der Waals surface area contributed by atoms with Crippen molar-refractivity contribution in [3.05, 3.63) is 29.8 Å². The Kier molecular flexibility index (Phi) is 4.95. The normalized spacial score (nSPS) is 20.8. The van der Waals surface area contributed by atoms with E-state index in [0.29, 0.717) is 0 Å². The first-order valence-electron chi connectivity index (χ1n) is 6.68. The molecule has 1 aromatic rings. The van der Waals surface area contributed by atoms with Crippen LogP contribution >= 0.6 is 11.8 Å². The Bertz CT molecular complexity index is 614. The maximum atomic E-state index is 12.1. The Morgan fingerprint density at radius 3 is 2.52 bits per heavy atom. The number of nitrogens with zero attached hydrogens (tertiary/aromatic N) is 1. The smallest absolute Gasteiger partial charge is 0.238 e. The summed E-state index contributed by atoms with van der Waals surface area (Å²) in [6.07, 6.45) is 2.94. The third-order valence-corrected chi connectivity index (χ3v) is 5.29. The molecule has 2 unspecified atom stereocenters. The Morgan fingerprint density at radius 2 is 2.00 bits per heavy atom. The van der Waals surface area contributed by atoms with Crippen molar-refractivity contribution in [1.29, 1.82) is 0 Å². The highest BCUT2D eigenvalue weighted by Gasteiger charge is 2.35. The minimum Gasteiger partial charge on any atom is -0.318 e. The quantitative estimate of drug-likeness (QED) is 0.825. The van der Waals surface area contributed by atoms with E-state index in [1.165, 1.54) is 6.26 Å². The number of rotatable bonds is 5. The van der Waals surface area contributed by atoms with Gasteiger partial charge in [-0.2, -0.15) is 0 Å². The van der Waals surface area contributed by atoms with Gasteiger partial charge < -0.3 is 4.90 Å². The number of amides is 1. The molecule has 2 atom stereocenters. The second-order valence-corrected chi connectivity index (χ2v) is 8.36. The van der Waals surface area contributed by atoms with E-state index in [9.17, 15) is 13.2 Å². The van der Waals surface area contributed by atoms with Crippen LogP contribution in [0.25, 0.3) is 0 Å². The first kappa shape index (κ1) is 16.3. The Balaban J connectivity index is 2.23. The average molecular weight is 328 g/mol. The summed E-state index contributed by atoms with van der Waals surface area (Å²) in [5.74, 6) is -0.0927. The van der Waals surface area contributed by atoms with Gasteiger partial charge >= 0.3 is 0 Å². The number of benzene rings is 1. The first-order chi connectivity index (χ1) is 9.81. The number of hydrogen-bond donors (Lipinski definition) is 1. The Hall–Kier alpha value is -1.05. The van der Waals surface area contributed by atoms with Crippen molar-refractivity contribution in [3.63, 3.8) is 0 Å². The number of carbonyl (C=O) groups excluding carboxylic acids is 1. The third-order valence-electron chi connectivity index (χ3n) is 3.46. The van der Waals surface area contributed by atoms with Gasteiger partial charge in [0.1, 0.15) is 16.0 Å². The van der Waals surface area contributed by atoms with Gasteiger partial charge in [0.05, 0.1) is 12.3 Å². The van der Waals surface area contributed by atoms with Gasteiger partial charge in [-0.25, -0.2) is 8.42 Å². The molecule has 1 N–H and O–H groups in total. The van der Waals surface area contributed by atoms with Gasteiger partial charge in [0, 0.05) is 17.2 Å². The molecule has 2 rings (SSSR count). The average Bonchev–Trinajstić information content (AvgIpc) is 2.79. The fourth-order valence-electron chi connectivity index (χ4n) is 2.60. The Labute approximate surface area is 130 Å². The summed E-state index contributed by atoms with van der Waals surface area (Å²) in [6.45, 7) is 2.01. The molecule has 1 aliphatic rings. The van der Waals surface area contributed by atoms with Gasteiger partial charge in [0.2, 0.25) is 5.91 Å². The highest BCUT2D eigenvalue weighted by Crippen LogP contribution is 2.27. The van der Waals surface area contributed by atoms with Crippen LogP contribution in [0.5, 0.6) is 0 Å². The Morgan fingerprint density at radius 1 is 1.38 bits per heavy atom. The molecule has 1 amide bonds. The molecule has 1 fully saturated rings. The van der Waals surface area contributed by atoms with Crippen LogP contribution in [-0.2, 0) is 14.6 Å². The molecule has 1 aliphatic heterocycles. The van der Waals surface area contributed by atoms with Gasteiger partial charge in [0.15, 0.2) is 0 Å². The number of carbonyl (C=O) groups is 1. The molecule has 116 valence electrons. The number of sulfone groups is 1. The van der Waals surface area contributed by atoms with Crippen molar-refractivity contribution < 1.29 is 13.2 Å². The van der Waals surface area contributed by atoms with Crippen molar-refractivity contribution in [2.45, 2.75) is 24.0 Å². The lowest BCUT2D eigenvalue weighted by atomic mass is 10.1. The third kappa shape index (κ3) is 3.99. The van der Waals surface area contributed by atoms with Crippen LogP contribution in [0.4, 0.5) is 0 Å². The van der Waals surface area contributed by atoms with E-state index in [1.807, 2.05) is 30.5 Å². The molecule has 0 radical (unpaired) electrons. The molecular formula is C14H20N2O3S2. The minimum absolute atomic E-state index is 0.0280. The van der Waals surface area contributed by atoms with Crippen molar-refractivity contribution >= 4 is 27.5 Å². The molecule has 0 aliphatic carbocycles. The highest BCUT2D eigenvalue weighted by molar-refractivity contribution is 7.98. The summed E-state index contributed by atoms with van der Waals surface area (Å²) in [6, 6.07) is 7.60. The maximum absolute atomic E-state index is 12.1. The number of thioether (sulfide) groups is 1. The van der Waals surface area contributed by atoms with E-state index < -0.39 is 9.84 Å². The van der Waals surface area contributed by atoms with Crippen molar-refractivity contribution in [3.8, 4) is 0 Å². The van der Waals surface area contributed by atoms with Crippen LogP contribution in [0.1, 0.15) is 18.7 Å². The van der Waals surface area contributed by atoms with E-state index in [0.717, 1.165) is 10.5 Å². The molecule has 0 saturated carbocycles. The minimum atomic E-state index is -3.13. The van der Waals surface area contributed by atoms with Crippen LogP contribution in [-0.4, -0.2) is 50.1 Å². The summed E-state index contributed by atoms with van der Waals surface area (Å²) >= 11 is 1.66. The van der Waals surface area contributed by atoms with Crippen molar-refractivity contribution in [2.24, 2.45) is 0 Å². The van der Waals surface area contributed by atoms with Crippen LogP contribution in [0.15, 0.2) is 29.2 Å². The van der Waals surface area contributed by atoms with E-state index >= 15 is 0 Å². The summed E-state index contributed by atoms with van der Waals surface area (Å²) in [5.41, 5.74) is 0.971.